The molecule has 4 rings (SSSR count). The predicted octanol–water partition coefficient (Wildman–Crippen LogP) is 4.70. The van der Waals surface area contributed by atoms with Gasteiger partial charge in [0.2, 0.25) is 5.91 Å². The van der Waals surface area contributed by atoms with E-state index in [2.05, 4.69) is 10.6 Å². The number of nitro groups is 1. The van der Waals surface area contributed by atoms with Gasteiger partial charge in [-0.25, -0.2) is 0 Å². The molecular weight excluding hydrogens is 390 g/mol. The average molecular weight is 405 g/mol. The van der Waals surface area contributed by atoms with E-state index in [0.717, 1.165) is 6.07 Å². The Balaban J connectivity index is 1.80. The maximum absolute atomic E-state index is 12.9. The summed E-state index contributed by atoms with van der Waals surface area (Å²) < 4.78 is 11.6. The molecule has 0 radical (unpaired) electrons. The Labute approximate surface area is 170 Å². The molecule has 9 nitrogen and oxygen atoms in total. The quantitative estimate of drug-likeness (QED) is 0.479. The van der Waals surface area contributed by atoms with E-state index in [9.17, 15) is 19.7 Å². The number of nitrogens with one attached hydrogen (secondary N) is 2. The molecule has 0 saturated heterocycles. The van der Waals surface area contributed by atoms with E-state index in [1.165, 1.54) is 19.1 Å². The molecule has 0 spiro atoms. The van der Waals surface area contributed by atoms with Gasteiger partial charge in [-0.05, 0) is 24.3 Å². The molecule has 0 unspecified atom stereocenters. The lowest BCUT2D eigenvalue weighted by molar-refractivity contribution is -0.385. The highest BCUT2D eigenvalue weighted by Gasteiger charge is 2.28. The molecule has 1 heterocycles. The summed E-state index contributed by atoms with van der Waals surface area (Å²) in [6.45, 7) is 1.37. The fraction of sp³-hybridized carbons (Fsp3) is 0.0476. The maximum atomic E-state index is 12.9. The SMILES string of the molecule is CC(=O)Nc1cccc(Oc2cc([N+](=O)[O-])cc3c2C(=O)Nc2ccccc2O3)c1. The second-order valence-corrected chi connectivity index (χ2v) is 6.44. The van der Waals surface area contributed by atoms with Crippen molar-refractivity contribution < 1.29 is 24.0 Å². The summed E-state index contributed by atoms with van der Waals surface area (Å²) in [5.41, 5.74) is 0.625. The second-order valence-electron chi connectivity index (χ2n) is 6.44. The highest BCUT2D eigenvalue weighted by molar-refractivity contribution is 6.10. The van der Waals surface area contributed by atoms with E-state index in [1.807, 2.05) is 0 Å². The van der Waals surface area contributed by atoms with Crippen LogP contribution in [0.3, 0.4) is 0 Å². The molecule has 0 aliphatic carbocycles. The smallest absolute Gasteiger partial charge is 0.276 e. The molecule has 3 aromatic rings. The van der Waals surface area contributed by atoms with E-state index in [1.54, 1.807) is 42.5 Å². The molecule has 30 heavy (non-hydrogen) atoms. The van der Waals surface area contributed by atoms with E-state index >= 15 is 0 Å². The Bertz CT molecular complexity index is 1190. The third-order valence-electron chi connectivity index (χ3n) is 4.23. The van der Waals surface area contributed by atoms with E-state index in [0.29, 0.717) is 17.1 Å². The second kappa shape index (κ2) is 7.55. The Morgan fingerprint density at radius 1 is 1.10 bits per heavy atom. The molecule has 0 aromatic heterocycles. The van der Waals surface area contributed by atoms with Crippen LogP contribution in [0.2, 0.25) is 0 Å². The van der Waals surface area contributed by atoms with Gasteiger partial charge in [-0.15, -0.1) is 0 Å². The summed E-state index contributed by atoms with van der Waals surface area (Å²) in [7, 11) is 0. The minimum Gasteiger partial charge on any atom is -0.456 e. The van der Waals surface area contributed by atoms with Crippen LogP contribution in [0.15, 0.2) is 60.7 Å². The Morgan fingerprint density at radius 2 is 1.90 bits per heavy atom. The van der Waals surface area contributed by atoms with Crippen molar-refractivity contribution in [2.75, 3.05) is 10.6 Å². The summed E-state index contributed by atoms with van der Waals surface area (Å²) >= 11 is 0. The average Bonchev–Trinajstić information content (AvgIpc) is 2.83. The standard InChI is InChI=1S/C21H15N3O6/c1-12(25)22-13-5-4-6-15(9-13)29-18-10-14(24(27)28)11-19-20(18)21(26)23-16-7-2-3-8-17(16)30-19/h2-11H,1H3,(H,22,25)(H,23,26). The molecule has 2 amide bonds. The van der Waals surface area contributed by atoms with Crippen molar-refractivity contribution in [2.45, 2.75) is 6.92 Å². The Morgan fingerprint density at radius 3 is 2.67 bits per heavy atom. The lowest BCUT2D eigenvalue weighted by Crippen LogP contribution is -2.12. The van der Waals surface area contributed by atoms with Crippen LogP contribution < -0.4 is 20.1 Å². The number of para-hydroxylation sites is 2. The monoisotopic (exact) mass is 405 g/mol. The highest BCUT2D eigenvalue weighted by Crippen LogP contribution is 2.43. The first-order valence-corrected chi connectivity index (χ1v) is 8.87. The number of amides is 2. The molecule has 0 bridgehead atoms. The summed E-state index contributed by atoms with van der Waals surface area (Å²) in [5.74, 6) is -0.217. The largest absolute Gasteiger partial charge is 0.456 e. The number of hydrogen-bond donors (Lipinski definition) is 2. The lowest BCUT2D eigenvalue weighted by Gasteiger charge is -2.13. The van der Waals surface area contributed by atoms with Crippen LogP contribution in [0.5, 0.6) is 23.0 Å². The first-order valence-electron chi connectivity index (χ1n) is 8.87. The van der Waals surface area contributed by atoms with E-state index in [-0.39, 0.29) is 34.4 Å². The predicted molar refractivity (Wildman–Crippen MR) is 108 cm³/mol. The van der Waals surface area contributed by atoms with Crippen molar-refractivity contribution in [3.63, 3.8) is 0 Å². The van der Waals surface area contributed by atoms with Gasteiger partial charge < -0.3 is 20.1 Å². The molecule has 3 aromatic carbocycles. The van der Waals surface area contributed by atoms with Gasteiger partial charge in [0, 0.05) is 18.7 Å². The van der Waals surface area contributed by atoms with Crippen LogP contribution in [-0.4, -0.2) is 16.7 Å². The van der Waals surface area contributed by atoms with Gasteiger partial charge in [-0.1, -0.05) is 18.2 Å². The molecule has 0 atom stereocenters. The number of hydrogen-bond acceptors (Lipinski definition) is 6. The van der Waals surface area contributed by atoms with Gasteiger partial charge in [0.15, 0.2) is 17.2 Å². The van der Waals surface area contributed by atoms with Gasteiger partial charge in [0.25, 0.3) is 11.6 Å². The van der Waals surface area contributed by atoms with E-state index in [4.69, 9.17) is 9.47 Å². The fourth-order valence-corrected chi connectivity index (χ4v) is 3.00. The van der Waals surface area contributed by atoms with Gasteiger partial charge in [0.05, 0.1) is 22.7 Å². The molecule has 9 heteroatoms. The fourth-order valence-electron chi connectivity index (χ4n) is 3.00. The third-order valence-corrected chi connectivity index (χ3v) is 4.23. The van der Waals surface area contributed by atoms with Crippen LogP contribution in [0.4, 0.5) is 17.1 Å². The minimum atomic E-state index is -0.598. The number of carbonyl (C=O) groups excluding carboxylic acids is 2. The summed E-state index contributed by atoms with van der Waals surface area (Å²) in [4.78, 5) is 35.0. The molecule has 150 valence electrons. The van der Waals surface area contributed by atoms with Crippen LogP contribution in [0, 0.1) is 10.1 Å². The van der Waals surface area contributed by atoms with Crippen molar-refractivity contribution in [3.05, 3.63) is 76.3 Å². The number of ether oxygens (including phenoxy) is 2. The van der Waals surface area contributed by atoms with Crippen molar-refractivity contribution in [1.82, 2.24) is 0 Å². The Kier molecular flexibility index (Phi) is 4.77. The van der Waals surface area contributed by atoms with Crippen LogP contribution in [-0.2, 0) is 4.79 Å². The molecule has 1 aliphatic rings. The number of benzene rings is 3. The number of rotatable bonds is 4. The zero-order valence-electron chi connectivity index (χ0n) is 15.7. The van der Waals surface area contributed by atoms with Crippen LogP contribution >= 0.6 is 0 Å². The summed E-state index contributed by atoms with van der Waals surface area (Å²) in [6, 6.07) is 15.5. The molecule has 2 N–H and O–H groups in total. The van der Waals surface area contributed by atoms with Gasteiger partial charge in [0.1, 0.15) is 11.3 Å². The number of nitro benzene ring substituents is 1. The number of carbonyl (C=O) groups is 2. The zero-order chi connectivity index (χ0) is 21.3. The van der Waals surface area contributed by atoms with E-state index < -0.39 is 10.8 Å². The molecule has 1 aliphatic heterocycles. The molecule has 0 saturated carbocycles. The zero-order valence-corrected chi connectivity index (χ0v) is 15.7. The topological polar surface area (TPSA) is 120 Å². The van der Waals surface area contributed by atoms with Gasteiger partial charge >= 0.3 is 0 Å². The van der Waals surface area contributed by atoms with Gasteiger partial charge in [-0.3, -0.25) is 19.7 Å². The maximum Gasteiger partial charge on any atom is 0.276 e. The van der Waals surface area contributed by atoms with Crippen molar-refractivity contribution >= 4 is 28.9 Å². The number of fused-ring (bicyclic) bond motifs is 2. The first-order chi connectivity index (χ1) is 14.4. The molecule has 0 fully saturated rings. The van der Waals surface area contributed by atoms with Crippen molar-refractivity contribution in [3.8, 4) is 23.0 Å². The number of non-ortho nitro benzene ring substituents is 1. The first kappa shape index (κ1) is 18.9. The Hall–Kier alpha value is -4.40. The van der Waals surface area contributed by atoms with Crippen LogP contribution in [0.25, 0.3) is 0 Å². The van der Waals surface area contributed by atoms with Crippen molar-refractivity contribution in [1.29, 1.82) is 0 Å². The minimum absolute atomic E-state index is 0.000310. The third kappa shape index (κ3) is 3.76. The van der Waals surface area contributed by atoms with Gasteiger partial charge in [-0.2, -0.15) is 0 Å². The lowest BCUT2D eigenvalue weighted by atomic mass is 10.1. The van der Waals surface area contributed by atoms with Crippen LogP contribution in [0.1, 0.15) is 17.3 Å². The summed E-state index contributed by atoms with van der Waals surface area (Å²) in [5, 5.41) is 16.8. The number of anilines is 2. The normalized spacial score (nSPS) is 11.8. The molecular formula is C21H15N3O6. The van der Waals surface area contributed by atoms with Crippen molar-refractivity contribution in [2.24, 2.45) is 0 Å². The highest BCUT2D eigenvalue weighted by atomic mass is 16.6. The summed E-state index contributed by atoms with van der Waals surface area (Å²) in [6.07, 6.45) is 0. The number of nitrogens with zero attached hydrogens (tertiary/aromatic N) is 1.